The van der Waals surface area contributed by atoms with E-state index < -0.39 is 0 Å². The van der Waals surface area contributed by atoms with Crippen LogP contribution in [0.2, 0.25) is 5.02 Å². The Morgan fingerprint density at radius 1 is 1.56 bits per heavy atom. The number of carbonyl (C=O) groups is 1. The lowest BCUT2D eigenvalue weighted by molar-refractivity contribution is -0.116. The van der Waals surface area contributed by atoms with E-state index in [-0.39, 0.29) is 5.91 Å². The van der Waals surface area contributed by atoms with Crippen molar-refractivity contribution >= 4 is 23.2 Å². The number of rotatable bonds is 3. The number of hydrogen-bond acceptors (Lipinski definition) is 2. The molecule has 0 aliphatic heterocycles. The Labute approximate surface area is 100 Å². The summed E-state index contributed by atoms with van der Waals surface area (Å²) in [5, 5.41) is 11.8. The van der Waals surface area contributed by atoms with Crippen molar-refractivity contribution < 1.29 is 4.79 Å². The minimum Gasteiger partial charge on any atom is -0.326 e. The predicted octanol–water partition coefficient (Wildman–Crippen LogP) is 3.20. The van der Waals surface area contributed by atoms with Gasteiger partial charge in [0.2, 0.25) is 5.91 Å². The maximum Gasteiger partial charge on any atom is 0.224 e. The highest BCUT2D eigenvalue weighted by Crippen LogP contribution is 2.20. The normalized spacial score (nSPS) is 9.94. The summed E-state index contributed by atoms with van der Waals surface area (Å²) < 4.78 is 0. The van der Waals surface area contributed by atoms with Crippen molar-refractivity contribution in [1.29, 1.82) is 5.26 Å². The molecule has 0 atom stereocenters. The molecule has 0 saturated carbocycles. The fourth-order valence-corrected chi connectivity index (χ4v) is 1.49. The van der Waals surface area contributed by atoms with Crippen molar-refractivity contribution in [2.45, 2.75) is 20.3 Å². The zero-order chi connectivity index (χ0) is 12.1. The van der Waals surface area contributed by atoms with Gasteiger partial charge in [0.05, 0.1) is 10.6 Å². The highest BCUT2D eigenvalue weighted by atomic mass is 35.5. The topological polar surface area (TPSA) is 52.9 Å². The fraction of sp³-hybridized carbons (Fsp3) is 0.333. The van der Waals surface area contributed by atoms with E-state index in [1.165, 1.54) is 0 Å². The summed E-state index contributed by atoms with van der Waals surface area (Å²) in [4.78, 5) is 11.5. The van der Waals surface area contributed by atoms with E-state index in [4.69, 9.17) is 16.9 Å². The number of nitrogens with one attached hydrogen (secondary N) is 1. The number of benzene rings is 1. The zero-order valence-electron chi connectivity index (χ0n) is 9.25. The van der Waals surface area contributed by atoms with E-state index in [1.54, 1.807) is 18.2 Å². The van der Waals surface area contributed by atoms with Gasteiger partial charge in [0, 0.05) is 12.1 Å². The van der Waals surface area contributed by atoms with Crippen molar-refractivity contribution in [3.8, 4) is 6.07 Å². The molecule has 0 aliphatic carbocycles. The predicted molar refractivity (Wildman–Crippen MR) is 64.3 cm³/mol. The molecule has 0 saturated heterocycles. The molecule has 0 spiro atoms. The van der Waals surface area contributed by atoms with Crippen LogP contribution in [0.1, 0.15) is 25.8 Å². The van der Waals surface area contributed by atoms with Gasteiger partial charge in [-0.05, 0) is 24.1 Å². The molecule has 0 radical (unpaired) electrons. The van der Waals surface area contributed by atoms with Gasteiger partial charge in [0.15, 0.2) is 0 Å². The van der Waals surface area contributed by atoms with Crippen LogP contribution in [0.3, 0.4) is 0 Å². The summed E-state index contributed by atoms with van der Waals surface area (Å²) in [7, 11) is 0. The van der Waals surface area contributed by atoms with Gasteiger partial charge in [-0.15, -0.1) is 0 Å². The van der Waals surface area contributed by atoms with Crippen LogP contribution in [-0.4, -0.2) is 5.91 Å². The Bertz CT molecular complexity index is 435. The lowest BCUT2D eigenvalue weighted by Gasteiger charge is -2.07. The van der Waals surface area contributed by atoms with Gasteiger partial charge in [0.1, 0.15) is 6.07 Å². The van der Waals surface area contributed by atoms with E-state index in [0.29, 0.717) is 28.6 Å². The molecule has 1 aromatic carbocycles. The molecule has 0 aromatic heterocycles. The number of nitrogens with zero attached hydrogens (tertiary/aromatic N) is 1. The average Bonchev–Trinajstić information content (AvgIpc) is 2.16. The Morgan fingerprint density at radius 2 is 2.25 bits per heavy atom. The second-order valence-electron chi connectivity index (χ2n) is 3.95. The molecule has 3 nitrogen and oxygen atoms in total. The van der Waals surface area contributed by atoms with Crippen LogP contribution in [0, 0.1) is 17.2 Å². The maximum absolute atomic E-state index is 11.5. The van der Waals surface area contributed by atoms with Crippen LogP contribution in [0.25, 0.3) is 0 Å². The maximum atomic E-state index is 11.5. The molecule has 0 heterocycles. The standard InChI is InChI=1S/C12H13ClN2O/c1-8(2)5-12(16)15-10-4-3-9(7-14)11(13)6-10/h3-4,6,8H,5H2,1-2H3,(H,15,16). The van der Waals surface area contributed by atoms with Gasteiger partial charge in [-0.2, -0.15) is 5.26 Å². The zero-order valence-corrected chi connectivity index (χ0v) is 10.0. The molecule has 1 rings (SSSR count). The lowest BCUT2D eigenvalue weighted by Crippen LogP contribution is -2.13. The average molecular weight is 237 g/mol. The molecule has 0 fully saturated rings. The molecule has 84 valence electrons. The van der Waals surface area contributed by atoms with Gasteiger partial charge in [0.25, 0.3) is 0 Å². The minimum absolute atomic E-state index is 0.0456. The van der Waals surface area contributed by atoms with Crippen molar-refractivity contribution in [1.82, 2.24) is 0 Å². The molecule has 1 amide bonds. The number of nitriles is 1. The third-order valence-corrected chi connectivity index (χ3v) is 2.28. The third-order valence-electron chi connectivity index (χ3n) is 1.97. The summed E-state index contributed by atoms with van der Waals surface area (Å²) in [5.41, 5.74) is 1.03. The number of anilines is 1. The van der Waals surface area contributed by atoms with Gasteiger partial charge >= 0.3 is 0 Å². The van der Waals surface area contributed by atoms with Crippen LogP contribution >= 0.6 is 11.6 Å². The first kappa shape index (κ1) is 12.5. The highest BCUT2D eigenvalue weighted by molar-refractivity contribution is 6.32. The van der Waals surface area contributed by atoms with Crippen LogP contribution < -0.4 is 5.32 Å². The molecule has 0 bridgehead atoms. The monoisotopic (exact) mass is 236 g/mol. The Kier molecular flexibility index (Phi) is 4.33. The molecule has 0 aliphatic rings. The number of hydrogen-bond donors (Lipinski definition) is 1. The molecule has 4 heteroatoms. The van der Waals surface area contributed by atoms with Crippen molar-refractivity contribution in [2.75, 3.05) is 5.32 Å². The van der Waals surface area contributed by atoms with Gasteiger partial charge < -0.3 is 5.32 Å². The van der Waals surface area contributed by atoms with Crippen LogP contribution in [0.15, 0.2) is 18.2 Å². The van der Waals surface area contributed by atoms with Gasteiger partial charge in [-0.1, -0.05) is 25.4 Å². The first-order valence-corrected chi connectivity index (χ1v) is 5.40. The van der Waals surface area contributed by atoms with E-state index in [9.17, 15) is 4.79 Å². The van der Waals surface area contributed by atoms with E-state index in [1.807, 2.05) is 19.9 Å². The quantitative estimate of drug-likeness (QED) is 0.876. The molecule has 1 aromatic rings. The fourth-order valence-electron chi connectivity index (χ4n) is 1.27. The summed E-state index contributed by atoms with van der Waals surface area (Å²) in [6.07, 6.45) is 0.470. The first-order valence-electron chi connectivity index (χ1n) is 5.02. The van der Waals surface area contributed by atoms with Crippen LogP contribution in [-0.2, 0) is 4.79 Å². The van der Waals surface area contributed by atoms with E-state index in [0.717, 1.165) is 0 Å². The molecular weight excluding hydrogens is 224 g/mol. The largest absolute Gasteiger partial charge is 0.326 e. The van der Waals surface area contributed by atoms with Crippen molar-refractivity contribution in [2.24, 2.45) is 5.92 Å². The Balaban J connectivity index is 2.73. The minimum atomic E-state index is -0.0456. The summed E-state index contributed by atoms with van der Waals surface area (Å²) in [6.45, 7) is 3.96. The smallest absolute Gasteiger partial charge is 0.224 e. The first-order chi connectivity index (χ1) is 7.52. The Morgan fingerprint density at radius 3 is 2.75 bits per heavy atom. The van der Waals surface area contributed by atoms with Crippen molar-refractivity contribution in [3.63, 3.8) is 0 Å². The summed E-state index contributed by atoms with van der Waals surface area (Å²) in [6, 6.07) is 6.80. The molecular formula is C12H13ClN2O. The van der Waals surface area contributed by atoms with Gasteiger partial charge in [-0.25, -0.2) is 0 Å². The van der Waals surface area contributed by atoms with Crippen LogP contribution in [0.5, 0.6) is 0 Å². The summed E-state index contributed by atoms with van der Waals surface area (Å²) >= 11 is 5.84. The molecule has 0 unspecified atom stereocenters. The molecule has 16 heavy (non-hydrogen) atoms. The second kappa shape index (κ2) is 5.53. The number of carbonyl (C=O) groups excluding carboxylic acids is 1. The van der Waals surface area contributed by atoms with E-state index in [2.05, 4.69) is 5.32 Å². The second-order valence-corrected chi connectivity index (χ2v) is 4.36. The van der Waals surface area contributed by atoms with Gasteiger partial charge in [-0.3, -0.25) is 4.79 Å². The molecule has 1 N–H and O–H groups in total. The SMILES string of the molecule is CC(C)CC(=O)Nc1ccc(C#N)c(Cl)c1. The highest BCUT2D eigenvalue weighted by Gasteiger charge is 2.06. The van der Waals surface area contributed by atoms with Crippen LogP contribution in [0.4, 0.5) is 5.69 Å². The number of amides is 1. The lowest BCUT2D eigenvalue weighted by atomic mass is 10.1. The van der Waals surface area contributed by atoms with Crippen molar-refractivity contribution in [3.05, 3.63) is 28.8 Å². The third kappa shape index (κ3) is 3.56. The van der Waals surface area contributed by atoms with E-state index >= 15 is 0 Å². The summed E-state index contributed by atoms with van der Waals surface area (Å²) in [5.74, 6) is 0.268. The Hall–Kier alpha value is -1.53. The number of halogens is 1.